The predicted molar refractivity (Wildman–Crippen MR) is 70.9 cm³/mol. The van der Waals surface area contributed by atoms with Crippen molar-refractivity contribution in [2.24, 2.45) is 5.73 Å². The Labute approximate surface area is 112 Å². The van der Waals surface area contributed by atoms with E-state index in [-0.39, 0.29) is 24.0 Å². The Morgan fingerprint density at radius 3 is 2.56 bits per heavy atom. The number of rotatable bonds is 5. The standard InChI is InChI=1S/C11H16N4O2.ClH/c1-13-5-6-15(2)11(17)8-3-4-9(10(12)16)14-7-8;/h3-4,7,13H,5-6H2,1-2H3,(H2,12,16);1H. The topological polar surface area (TPSA) is 88.3 Å². The summed E-state index contributed by atoms with van der Waals surface area (Å²) in [7, 11) is 3.53. The highest BCUT2D eigenvalue weighted by molar-refractivity contribution is 5.95. The van der Waals surface area contributed by atoms with E-state index in [0.29, 0.717) is 12.1 Å². The zero-order chi connectivity index (χ0) is 12.8. The first-order valence-electron chi connectivity index (χ1n) is 5.22. The second kappa shape index (κ2) is 7.62. The van der Waals surface area contributed by atoms with Crippen LogP contribution in [0.2, 0.25) is 0 Å². The Kier molecular flexibility index (Phi) is 6.92. The Morgan fingerprint density at radius 2 is 2.11 bits per heavy atom. The normalized spacial score (nSPS) is 9.44. The molecule has 1 aromatic heterocycles. The highest BCUT2D eigenvalue weighted by atomic mass is 35.5. The summed E-state index contributed by atoms with van der Waals surface area (Å²) >= 11 is 0. The fourth-order valence-corrected chi connectivity index (χ4v) is 1.27. The van der Waals surface area contributed by atoms with Gasteiger partial charge in [0.15, 0.2) is 0 Å². The minimum absolute atomic E-state index is 0. The molecule has 3 N–H and O–H groups in total. The average Bonchev–Trinajstić information content (AvgIpc) is 2.35. The van der Waals surface area contributed by atoms with Gasteiger partial charge in [-0.15, -0.1) is 12.4 Å². The summed E-state index contributed by atoms with van der Waals surface area (Å²) in [5.41, 5.74) is 5.65. The number of carbonyl (C=O) groups excluding carboxylic acids is 2. The fourth-order valence-electron chi connectivity index (χ4n) is 1.27. The third-order valence-corrected chi connectivity index (χ3v) is 2.31. The van der Waals surface area contributed by atoms with Crippen LogP contribution >= 0.6 is 12.4 Å². The van der Waals surface area contributed by atoms with Crippen LogP contribution in [0.15, 0.2) is 18.3 Å². The van der Waals surface area contributed by atoms with Crippen molar-refractivity contribution in [3.8, 4) is 0 Å². The van der Waals surface area contributed by atoms with Gasteiger partial charge in [0.2, 0.25) is 0 Å². The molecule has 0 saturated heterocycles. The van der Waals surface area contributed by atoms with Gasteiger partial charge in [-0.1, -0.05) is 0 Å². The van der Waals surface area contributed by atoms with Crippen molar-refractivity contribution in [2.75, 3.05) is 27.2 Å². The van der Waals surface area contributed by atoms with E-state index in [1.165, 1.54) is 12.3 Å². The smallest absolute Gasteiger partial charge is 0.267 e. The number of carbonyl (C=O) groups is 2. The number of aromatic nitrogens is 1. The maximum Gasteiger partial charge on any atom is 0.267 e. The summed E-state index contributed by atoms with van der Waals surface area (Å²) in [5, 5.41) is 2.96. The van der Waals surface area contributed by atoms with Gasteiger partial charge in [0.05, 0.1) is 5.56 Å². The number of nitrogens with one attached hydrogen (secondary N) is 1. The number of primary amides is 1. The van der Waals surface area contributed by atoms with Gasteiger partial charge >= 0.3 is 0 Å². The molecule has 0 aliphatic heterocycles. The fraction of sp³-hybridized carbons (Fsp3) is 0.364. The molecule has 1 rings (SSSR count). The molecule has 7 heteroatoms. The van der Waals surface area contributed by atoms with Crippen LogP contribution in [-0.4, -0.2) is 48.9 Å². The second-order valence-corrected chi connectivity index (χ2v) is 3.63. The number of nitrogens with two attached hydrogens (primary N) is 1. The van der Waals surface area contributed by atoms with E-state index in [1.807, 2.05) is 7.05 Å². The number of likely N-dealkylation sites (N-methyl/N-ethyl adjacent to an activating group) is 2. The van der Waals surface area contributed by atoms with Crippen LogP contribution in [-0.2, 0) is 0 Å². The average molecular weight is 273 g/mol. The molecular formula is C11H17ClN4O2. The quantitative estimate of drug-likeness (QED) is 0.783. The van der Waals surface area contributed by atoms with Gasteiger partial charge in [-0.05, 0) is 19.2 Å². The van der Waals surface area contributed by atoms with Gasteiger partial charge in [0.25, 0.3) is 11.8 Å². The van der Waals surface area contributed by atoms with E-state index in [4.69, 9.17) is 5.73 Å². The molecule has 0 aliphatic rings. The molecule has 18 heavy (non-hydrogen) atoms. The Morgan fingerprint density at radius 1 is 1.44 bits per heavy atom. The summed E-state index contributed by atoms with van der Waals surface area (Å²) in [6.45, 7) is 1.32. The molecular weight excluding hydrogens is 256 g/mol. The zero-order valence-electron chi connectivity index (χ0n) is 10.3. The lowest BCUT2D eigenvalue weighted by molar-refractivity contribution is 0.0795. The molecule has 1 heterocycles. The van der Waals surface area contributed by atoms with Crippen molar-refractivity contribution < 1.29 is 9.59 Å². The number of amides is 2. The van der Waals surface area contributed by atoms with Crippen LogP contribution in [0.25, 0.3) is 0 Å². The van der Waals surface area contributed by atoms with E-state index in [0.717, 1.165) is 6.54 Å². The van der Waals surface area contributed by atoms with Gasteiger partial charge < -0.3 is 16.0 Å². The van der Waals surface area contributed by atoms with E-state index in [2.05, 4.69) is 10.3 Å². The molecule has 0 radical (unpaired) electrons. The molecule has 1 aromatic rings. The second-order valence-electron chi connectivity index (χ2n) is 3.63. The highest BCUT2D eigenvalue weighted by Gasteiger charge is 2.12. The SMILES string of the molecule is CNCCN(C)C(=O)c1ccc(C(N)=O)nc1.Cl. The number of halogens is 1. The molecule has 0 aromatic carbocycles. The van der Waals surface area contributed by atoms with Crippen molar-refractivity contribution >= 4 is 24.2 Å². The lowest BCUT2D eigenvalue weighted by atomic mass is 10.2. The predicted octanol–water partition coefficient (Wildman–Crippen LogP) is -0.106. The van der Waals surface area contributed by atoms with Crippen molar-refractivity contribution in [1.29, 1.82) is 0 Å². The van der Waals surface area contributed by atoms with Crippen molar-refractivity contribution in [3.05, 3.63) is 29.6 Å². The van der Waals surface area contributed by atoms with Gasteiger partial charge in [0.1, 0.15) is 5.69 Å². The van der Waals surface area contributed by atoms with Gasteiger partial charge in [0, 0.05) is 26.3 Å². The highest BCUT2D eigenvalue weighted by Crippen LogP contribution is 2.03. The third-order valence-electron chi connectivity index (χ3n) is 2.31. The van der Waals surface area contributed by atoms with Gasteiger partial charge in [-0.25, -0.2) is 0 Å². The molecule has 2 amide bonds. The lowest BCUT2D eigenvalue weighted by Gasteiger charge is -2.16. The van der Waals surface area contributed by atoms with Gasteiger partial charge in [-0.2, -0.15) is 0 Å². The maximum atomic E-state index is 11.9. The number of pyridine rings is 1. The van der Waals surface area contributed by atoms with Crippen LogP contribution in [0.4, 0.5) is 0 Å². The summed E-state index contributed by atoms with van der Waals surface area (Å²) in [6, 6.07) is 2.99. The van der Waals surface area contributed by atoms with Crippen LogP contribution in [0.3, 0.4) is 0 Å². The van der Waals surface area contributed by atoms with Gasteiger partial charge in [-0.3, -0.25) is 14.6 Å². The Hall–Kier alpha value is -1.66. The van der Waals surface area contributed by atoms with Crippen LogP contribution in [0.5, 0.6) is 0 Å². The summed E-state index contributed by atoms with van der Waals surface area (Å²) < 4.78 is 0. The molecule has 0 unspecified atom stereocenters. The lowest BCUT2D eigenvalue weighted by Crippen LogP contribution is -2.32. The molecule has 0 aliphatic carbocycles. The first kappa shape index (κ1) is 16.3. The van der Waals surface area contributed by atoms with Crippen molar-refractivity contribution in [2.45, 2.75) is 0 Å². The van der Waals surface area contributed by atoms with E-state index in [1.54, 1.807) is 18.0 Å². The molecule has 100 valence electrons. The Bertz CT molecular complexity index is 408. The first-order valence-corrected chi connectivity index (χ1v) is 5.22. The number of hydrogen-bond acceptors (Lipinski definition) is 4. The molecule has 0 saturated carbocycles. The van der Waals surface area contributed by atoms with Crippen molar-refractivity contribution in [1.82, 2.24) is 15.2 Å². The van der Waals surface area contributed by atoms with E-state index < -0.39 is 5.91 Å². The van der Waals surface area contributed by atoms with Crippen molar-refractivity contribution in [3.63, 3.8) is 0 Å². The summed E-state index contributed by atoms with van der Waals surface area (Å²) in [6.07, 6.45) is 1.36. The van der Waals surface area contributed by atoms with E-state index in [9.17, 15) is 9.59 Å². The monoisotopic (exact) mass is 272 g/mol. The molecule has 0 bridgehead atoms. The number of nitrogens with zero attached hydrogens (tertiary/aromatic N) is 2. The van der Waals surface area contributed by atoms with Crippen LogP contribution in [0, 0.1) is 0 Å². The third kappa shape index (κ3) is 4.31. The molecule has 0 atom stereocenters. The minimum Gasteiger partial charge on any atom is -0.364 e. The van der Waals surface area contributed by atoms with Crippen LogP contribution in [0.1, 0.15) is 20.8 Å². The molecule has 0 fully saturated rings. The largest absolute Gasteiger partial charge is 0.364 e. The summed E-state index contributed by atoms with van der Waals surface area (Å²) in [4.78, 5) is 28.1. The van der Waals surface area contributed by atoms with Crippen LogP contribution < -0.4 is 11.1 Å². The Balaban J connectivity index is 0.00000289. The molecule has 6 nitrogen and oxygen atoms in total. The first-order chi connectivity index (χ1) is 8.06. The number of hydrogen-bond donors (Lipinski definition) is 2. The zero-order valence-corrected chi connectivity index (χ0v) is 11.2. The summed E-state index contributed by atoms with van der Waals surface area (Å²) in [5.74, 6) is -0.740. The maximum absolute atomic E-state index is 11.9. The van der Waals surface area contributed by atoms with E-state index >= 15 is 0 Å². The molecule has 0 spiro atoms. The minimum atomic E-state index is -0.604.